The van der Waals surface area contributed by atoms with Crippen molar-refractivity contribution in [2.24, 2.45) is 5.92 Å². The van der Waals surface area contributed by atoms with Gasteiger partial charge in [0.2, 0.25) is 11.8 Å². The highest BCUT2D eigenvalue weighted by molar-refractivity contribution is 6.36. The van der Waals surface area contributed by atoms with Crippen molar-refractivity contribution in [3.05, 3.63) is 33.8 Å². The topological polar surface area (TPSA) is 79.0 Å². The monoisotopic (exact) mass is 483 g/mol. The molecule has 176 valence electrons. The van der Waals surface area contributed by atoms with Gasteiger partial charge in [0.15, 0.2) is 0 Å². The van der Waals surface area contributed by atoms with Gasteiger partial charge in [-0.25, -0.2) is 4.79 Å². The smallest absolute Gasteiger partial charge is 0.407 e. The van der Waals surface area contributed by atoms with E-state index in [1.807, 2.05) is 25.7 Å². The SMILES string of the molecule is CC(C)(C)OC(=O)NC[C@@H]1CCCN(C(=O)[C@@H]2CCC(=O)N2Cc2c(Cl)cccc2Cl)C1. The molecule has 0 aliphatic carbocycles. The first-order valence-electron chi connectivity index (χ1n) is 11.0. The average molecular weight is 484 g/mol. The van der Waals surface area contributed by atoms with Gasteiger partial charge in [-0.2, -0.15) is 0 Å². The Morgan fingerprint density at radius 1 is 1.19 bits per heavy atom. The van der Waals surface area contributed by atoms with Crippen molar-refractivity contribution >= 4 is 41.1 Å². The van der Waals surface area contributed by atoms with Crippen LogP contribution in [-0.2, 0) is 20.9 Å². The van der Waals surface area contributed by atoms with E-state index in [0.29, 0.717) is 48.1 Å². The van der Waals surface area contributed by atoms with Gasteiger partial charge in [0.05, 0.1) is 0 Å². The Morgan fingerprint density at radius 3 is 2.53 bits per heavy atom. The third-order valence-electron chi connectivity index (χ3n) is 5.77. The molecular formula is C23H31Cl2N3O4. The normalized spacial score (nSPS) is 21.6. The molecule has 0 bridgehead atoms. The third kappa shape index (κ3) is 6.29. The van der Waals surface area contributed by atoms with Gasteiger partial charge in [-0.15, -0.1) is 0 Å². The van der Waals surface area contributed by atoms with Crippen molar-refractivity contribution < 1.29 is 19.1 Å². The lowest BCUT2D eigenvalue weighted by Crippen LogP contribution is -2.51. The summed E-state index contributed by atoms with van der Waals surface area (Å²) in [6.07, 6.45) is 2.13. The van der Waals surface area contributed by atoms with Crippen molar-refractivity contribution in [3.8, 4) is 0 Å². The standard InChI is InChI=1S/C23H31Cl2N3O4/c1-23(2,3)32-22(31)26-12-15-6-5-11-27(13-15)21(30)19-9-10-20(29)28(19)14-16-17(24)7-4-8-18(16)25/h4,7-8,15,19H,5-6,9-14H2,1-3H3,(H,26,31)/t15-,19-/m0/s1. The number of amides is 3. The Hall–Kier alpha value is -1.99. The number of rotatable bonds is 5. The first kappa shape index (κ1) is 24.6. The van der Waals surface area contributed by atoms with Crippen LogP contribution in [0.5, 0.6) is 0 Å². The Kier molecular flexibility index (Phi) is 7.93. The van der Waals surface area contributed by atoms with Crippen molar-refractivity contribution in [2.45, 2.75) is 64.6 Å². The average Bonchev–Trinajstić information content (AvgIpc) is 3.08. The van der Waals surface area contributed by atoms with E-state index in [1.54, 1.807) is 23.1 Å². The number of carbonyl (C=O) groups excluding carboxylic acids is 3. The predicted octanol–water partition coefficient (Wildman–Crippen LogP) is 4.25. The molecule has 7 nitrogen and oxygen atoms in total. The number of halogens is 2. The van der Waals surface area contributed by atoms with E-state index in [-0.39, 0.29) is 24.3 Å². The minimum absolute atomic E-state index is 0.0546. The number of piperidine rings is 1. The molecule has 0 spiro atoms. The number of hydrogen-bond acceptors (Lipinski definition) is 4. The number of nitrogens with one attached hydrogen (secondary N) is 1. The fourth-order valence-corrected chi connectivity index (χ4v) is 4.74. The molecule has 0 saturated carbocycles. The third-order valence-corrected chi connectivity index (χ3v) is 6.48. The molecule has 0 unspecified atom stereocenters. The maximum Gasteiger partial charge on any atom is 0.407 e. The fourth-order valence-electron chi connectivity index (χ4n) is 4.23. The van der Waals surface area contributed by atoms with Gasteiger partial charge in [-0.3, -0.25) is 9.59 Å². The summed E-state index contributed by atoms with van der Waals surface area (Å²) in [6.45, 7) is 7.30. The molecule has 1 aromatic carbocycles. The quantitative estimate of drug-likeness (QED) is 0.678. The van der Waals surface area contributed by atoms with E-state index in [9.17, 15) is 14.4 Å². The second-order valence-corrected chi connectivity index (χ2v) is 10.3. The number of hydrogen-bond donors (Lipinski definition) is 1. The van der Waals surface area contributed by atoms with Crippen molar-refractivity contribution in [2.75, 3.05) is 19.6 Å². The molecule has 1 aromatic rings. The van der Waals surface area contributed by atoms with E-state index in [4.69, 9.17) is 27.9 Å². The first-order chi connectivity index (χ1) is 15.0. The van der Waals surface area contributed by atoms with Crippen LogP contribution in [-0.4, -0.2) is 59.0 Å². The van der Waals surface area contributed by atoms with Crippen molar-refractivity contribution in [3.63, 3.8) is 0 Å². The van der Waals surface area contributed by atoms with Gasteiger partial charge >= 0.3 is 6.09 Å². The summed E-state index contributed by atoms with van der Waals surface area (Å²) in [6, 6.07) is 4.69. The van der Waals surface area contributed by atoms with Crippen LogP contribution in [0.4, 0.5) is 4.79 Å². The van der Waals surface area contributed by atoms with E-state index in [2.05, 4.69) is 5.32 Å². The zero-order chi connectivity index (χ0) is 23.5. The molecular weight excluding hydrogens is 453 g/mol. The summed E-state index contributed by atoms with van der Waals surface area (Å²) in [5, 5.41) is 3.77. The molecule has 1 N–H and O–H groups in total. The Morgan fingerprint density at radius 2 is 1.88 bits per heavy atom. The Balaban J connectivity index is 1.61. The highest BCUT2D eigenvalue weighted by atomic mass is 35.5. The molecule has 2 fully saturated rings. The molecule has 2 aliphatic rings. The summed E-state index contributed by atoms with van der Waals surface area (Å²) >= 11 is 12.6. The van der Waals surface area contributed by atoms with E-state index >= 15 is 0 Å². The largest absolute Gasteiger partial charge is 0.444 e. The number of benzene rings is 1. The minimum atomic E-state index is -0.554. The van der Waals surface area contributed by atoms with E-state index in [0.717, 1.165) is 12.8 Å². The van der Waals surface area contributed by atoms with Crippen LogP contribution in [0, 0.1) is 5.92 Å². The van der Waals surface area contributed by atoms with Gasteiger partial charge in [-0.05, 0) is 58.1 Å². The van der Waals surface area contributed by atoms with Crippen LogP contribution in [0.2, 0.25) is 10.0 Å². The number of likely N-dealkylation sites (tertiary alicyclic amines) is 2. The molecule has 0 aromatic heterocycles. The molecule has 2 heterocycles. The second-order valence-electron chi connectivity index (χ2n) is 9.45. The van der Waals surface area contributed by atoms with Crippen molar-refractivity contribution in [1.29, 1.82) is 0 Å². The minimum Gasteiger partial charge on any atom is -0.444 e. The molecule has 3 rings (SSSR count). The fraction of sp³-hybridized carbons (Fsp3) is 0.609. The lowest BCUT2D eigenvalue weighted by atomic mass is 9.97. The van der Waals surface area contributed by atoms with Gasteiger partial charge in [0.25, 0.3) is 0 Å². The molecule has 2 aliphatic heterocycles. The second kappa shape index (κ2) is 10.3. The van der Waals surface area contributed by atoms with Crippen LogP contribution < -0.4 is 5.32 Å². The number of ether oxygens (including phenoxy) is 1. The lowest BCUT2D eigenvalue weighted by Gasteiger charge is -2.36. The summed E-state index contributed by atoms with van der Waals surface area (Å²) in [4.78, 5) is 41.3. The number of carbonyl (C=O) groups is 3. The maximum atomic E-state index is 13.3. The molecule has 32 heavy (non-hydrogen) atoms. The van der Waals surface area contributed by atoms with Crippen LogP contribution in [0.15, 0.2) is 18.2 Å². The zero-order valence-electron chi connectivity index (χ0n) is 18.8. The number of alkyl carbamates (subject to hydrolysis) is 1. The van der Waals surface area contributed by atoms with Gasteiger partial charge in [0, 0.05) is 48.2 Å². The van der Waals surface area contributed by atoms with E-state index < -0.39 is 17.7 Å². The summed E-state index contributed by atoms with van der Waals surface area (Å²) in [5.41, 5.74) is 0.101. The summed E-state index contributed by atoms with van der Waals surface area (Å²) in [5.74, 6) is 0.0178. The van der Waals surface area contributed by atoms with Crippen LogP contribution in [0.25, 0.3) is 0 Å². The Bertz CT molecular complexity index is 851. The first-order valence-corrected chi connectivity index (χ1v) is 11.8. The maximum absolute atomic E-state index is 13.3. The van der Waals surface area contributed by atoms with Gasteiger partial charge in [-0.1, -0.05) is 29.3 Å². The molecule has 3 amide bonds. The van der Waals surface area contributed by atoms with Crippen LogP contribution in [0.3, 0.4) is 0 Å². The molecule has 0 radical (unpaired) electrons. The Labute approximate surface area is 199 Å². The zero-order valence-corrected chi connectivity index (χ0v) is 20.3. The van der Waals surface area contributed by atoms with Crippen molar-refractivity contribution in [1.82, 2.24) is 15.1 Å². The lowest BCUT2D eigenvalue weighted by molar-refractivity contribution is -0.143. The van der Waals surface area contributed by atoms with Gasteiger partial charge < -0.3 is 19.9 Å². The summed E-state index contributed by atoms with van der Waals surface area (Å²) < 4.78 is 5.29. The van der Waals surface area contributed by atoms with Crippen LogP contribution >= 0.6 is 23.2 Å². The van der Waals surface area contributed by atoms with E-state index in [1.165, 1.54) is 0 Å². The molecule has 2 saturated heterocycles. The predicted molar refractivity (Wildman–Crippen MR) is 124 cm³/mol. The molecule has 2 atom stereocenters. The van der Waals surface area contributed by atoms with Gasteiger partial charge in [0.1, 0.15) is 11.6 Å². The van der Waals surface area contributed by atoms with Crippen LogP contribution in [0.1, 0.15) is 52.0 Å². The molecule has 9 heteroatoms. The highest BCUT2D eigenvalue weighted by Crippen LogP contribution is 2.30. The summed E-state index contributed by atoms with van der Waals surface area (Å²) in [7, 11) is 0. The number of nitrogens with zero attached hydrogens (tertiary/aromatic N) is 2. The highest BCUT2D eigenvalue weighted by Gasteiger charge is 2.39.